The predicted octanol–water partition coefficient (Wildman–Crippen LogP) is 3.84. The molecule has 1 N–H and O–H groups in total. The van der Waals surface area contributed by atoms with Gasteiger partial charge in [-0.3, -0.25) is 14.2 Å². The molecule has 8 nitrogen and oxygen atoms in total. The quantitative estimate of drug-likeness (QED) is 0.425. The van der Waals surface area contributed by atoms with Gasteiger partial charge in [-0.05, 0) is 67.4 Å². The zero-order chi connectivity index (χ0) is 23.7. The van der Waals surface area contributed by atoms with Crippen LogP contribution in [0, 0.1) is 4.77 Å². The molecular formula is C25H27N3O5S. The Morgan fingerprint density at radius 1 is 1.18 bits per heavy atom. The first-order chi connectivity index (χ1) is 16.6. The van der Waals surface area contributed by atoms with E-state index in [0.29, 0.717) is 60.6 Å². The zero-order valence-corrected chi connectivity index (χ0v) is 19.9. The molecule has 1 fully saturated rings. The van der Waals surface area contributed by atoms with Gasteiger partial charge in [-0.15, -0.1) is 0 Å². The van der Waals surface area contributed by atoms with Gasteiger partial charge in [-0.1, -0.05) is 6.07 Å². The van der Waals surface area contributed by atoms with Gasteiger partial charge in [0.1, 0.15) is 13.2 Å². The molecule has 0 spiro atoms. The minimum Gasteiger partial charge on any atom is -0.486 e. The Morgan fingerprint density at radius 2 is 2.00 bits per heavy atom. The minimum absolute atomic E-state index is 0.0358. The van der Waals surface area contributed by atoms with Crippen molar-refractivity contribution < 1.29 is 19.0 Å². The van der Waals surface area contributed by atoms with Crippen LogP contribution in [0.4, 0.5) is 0 Å². The molecular weight excluding hydrogens is 454 g/mol. The first kappa shape index (κ1) is 22.6. The van der Waals surface area contributed by atoms with Crippen LogP contribution in [-0.4, -0.2) is 53.8 Å². The summed E-state index contributed by atoms with van der Waals surface area (Å²) in [5, 5.41) is 0.507. The number of carbonyl (C=O) groups is 1. The van der Waals surface area contributed by atoms with Crippen LogP contribution in [0.3, 0.4) is 0 Å². The molecule has 1 aromatic heterocycles. The molecule has 0 bridgehead atoms. The van der Waals surface area contributed by atoms with Crippen LogP contribution in [0.2, 0.25) is 0 Å². The summed E-state index contributed by atoms with van der Waals surface area (Å²) in [4.78, 5) is 31.5. The molecule has 3 aromatic rings. The van der Waals surface area contributed by atoms with Crippen molar-refractivity contribution in [2.45, 2.75) is 31.8 Å². The summed E-state index contributed by atoms with van der Waals surface area (Å²) in [5.74, 6) is 1.40. The van der Waals surface area contributed by atoms with E-state index in [4.69, 9.17) is 26.4 Å². The van der Waals surface area contributed by atoms with E-state index in [9.17, 15) is 9.59 Å². The molecule has 1 atom stereocenters. The molecule has 178 valence electrons. The molecule has 1 amide bonds. The predicted molar refractivity (Wildman–Crippen MR) is 130 cm³/mol. The minimum atomic E-state index is -0.163. The van der Waals surface area contributed by atoms with Crippen LogP contribution < -0.4 is 15.0 Å². The Hall–Kier alpha value is -3.17. The van der Waals surface area contributed by atoms with E-state index in [-0.39, 0.29) is 17.5 Å². The van der Waals surface area contributed by atoms with E-state index in [2.05, 4.69) is 4.98 Å². The lowest BCUT2D eigenvalue weighted by atomic mass is 10.0. The van der Waals surface area contributed by atoms with Crippen LogP contribution in [0.15, 0.2) is 41.2 Å². The van der Waals surface area contributed by atoms with Crippen LogP contribution in [0.5, 0.6) is 11.5 Å². The summed E-state index contributed by atoms with van der Waals surface area (Å²) in [6, 6.07) is 11.0. The number of likely N-dealkylation sites (tertiary alicyclic amines) is 1. The van der Waals surface area contributed by atoms with Crippen LogP contribution in [-0.2, 0) is 11.3 Å². The van der Waals surface area contributed by atoms with Gasteiger partial charge in [0, 0.05) is 32.4 Å². The maximum atomic E-state index is 13.5. The van der Waals surface area contributed by atoms with E-state index >= 15 is 0 Å². The number of benzene rings is 2. The number of hydrogen-bond donors (Lipinski definition) is 1. The molecule has 9 heteroatoms. The van der Waals surface area contributed by atoms with Crippen molar-refractivity contribution in [3.05, 3.63) is 62.6 Å². The van der Waals surface area contributed by atoms with Crippen molar-refractivity contribution in [1.29, 1.82) is 0 Å². The van der Waals surface area contributed by atoms with Gasteiger partial charge in [-0.25, -0.2) is 0 Å². The Labute approximate surface area is 202 Å². The largest absolute Gasteiger partial charge is 0.486 e. The molecule has 2 aliphatic heterocycles. The number of nitrogens with zero attached hydrogens (tertiary/aromatic N) is 2. The lowest BCUT2D eigenvalue weighted by Gasteiger charge is -2.27. The Bertz CT molecular complexity index is 1350. The van der Waals surface area contributed by atoms with Gasteiger partial charge < -0.3 is 24.1 Å². The van der Waals surface area contributed by atoms with E-state index < -0.39 is 0 Å². The molecule has 0 radical (unpaired) electrons. The number of nitrogens with one attached hydrogen (secondary N) is 1. The molecule has 3 heterocycles. The average Bonchev–Trinajstić information content (AvgIpc) is 3.35. The molecule has 1 saturated heterocycles. The molecule has 34 heavy (non-hydrogen) atoms. The molecule has 1 unspecified atom stereocenters. The van der Waals surface area contributed by atoms with Crippen molar-refractivity contribution in [1.82, 2.24) is 14.5 Å². The number of carbonyl (C=O) groups excluding carboxylic acids is 1. The average molecular weight is 482 g/mol. The van der Waals surface area contributed by atoms with Gasteiger partial charge in [0.05, 0.1) is 16.9 Å². The third-order valence-corrected chi connectivity index (χ3v) is 6.75. The number of H-pyrrole nitrogens is 1. The van der Waals surface area contributed by atoms with Crippen molar-refractivity contribution >= 4 is 29.0 Å². The van der Waals surface area contributed by atoms with Crippen molar-refractivity contribution in [3.8, 4) is 11.5 Å². The second-order valence-corrected chi connectivity index (χ2v) is 8.94. The SMILES string of the molecule is COCCCn1c(=S)[nH]c2cc(C(=O)N3CCCC3c3ccc4c(c3)OCCO4)ccc2c1=O. The third kappa shape index (κ3) is 4.21. The lowest BCUT2D eigenvalue weighted by molar-refractivity contribution is 0.0735. The maximum absolute atomic E-state index is 13.5. The van der Waals surface area contributed by atoms with Crippen molar-refractivity contribution in [3.63, 3.8) is 0 Å². The molecule has 0 aliphatic carbocycles. The topological polar surface area (TPSA) is 85.8 Å². The Morgan fingerprint density at radius 3 is 2.82 bits per heavy atom. The second kappa shape index (κ2) is 9.60. The highest BCUT2D eigenvalue weighted by molar-refractivity contribution is 7.71. The fraction of sp³-hybridized carbons (Fsp3) is 0.400. The van der Waals surface area contributed by atoms with Gasteiger partial charge >= 0.3 is 0 Å². The first-order valence-corrected chi connectivity index (χ1v) is 11.9. The van der Waals surface area contributed by atoms with Crippen molar-refractivity contribution in [2.24, 2.45) is 0 Å². The second-order valence-electron chi connectivity index (χ2n) is 8.55. The summed E-state index contributed by atoms with van der Waals surface area (Å²) in [6.45, 7) is 2.77. The summed E-state index contributed by atoms with van der Waals surface area (Å²) < 4.78 is 18.3. The number of fused-ring (bicyclic) bond motifs is 2. The van der Waals surface area contributed by atoms with Gasteiger partial charge in [0.25, 0.3) is 11.5 Å². The van der Waals surface area contributed by atoms with E-state index in [1.165, 1.54) is 4.57 Å². The number of aromatic nitrogens is 2. The molecule has 0 saturated carbocycles. The van der Waals surface area contributed by atoms with E-state index in [1.807, 2.05) is 23.1 Å². The maximum Gasteiger partial charge on any atom is 0.262 e. The van der Waals surface area contributed by atoms with Crippen LogP contribution >= 0.6 is 12.2 Å². The number of hydrogen-bond acceptors (Lipinski definition) is 6. The van der Waals surface area contributed by atoms with Gasteiger partial charge in [0.15, 0.2) is 16.3 Å². The Balaban J connectivity index is 1.43. The first-order valence-electron chi connectivity index (χ1n) is 11.5. The van der Waals surface area contributed by atoms with E-state index in [0.717, 1.165) is 29.9 Å². The summed E-state index contributed by atoms with van der Waals surface area (Å²) in [6.07, 6.45) is 2.49. The normalized spacial score (nSPS) is 17.3. The summed E-state index contributed by atoms with van der Waals surface area (Å²) in [5.41, 5.74) is 1.97. The van der Waals surface area contributed by atoms with E-state index in [1.54, 1.807) is 25.3 Å². The van der Waals surface area contributed by atoms with Crippen LogP contribution in [0.1, 0.15) is 41.2 Å². The summed E-state index contributed by atoms with van der Waals surface area (Å²) >= 11 is 5.41. The lowest BCUT2D eigenvalue weighted by Crippen LogP contribution is -2.31. The highest BCUT2D eigenvalue weighted by Gasteiger charge is 2.31. The molecule has 2 aliphatic rings. The van der Waals surface area contributed by atoms with Gasteiger partial charge in [0.2, 0.25) is 0 Å². The molecule has 5 rings (SSSR count). The standard InChI is InChI=1S/C25H27N3O5S/c1-31-11-3-10-28-24(30)18-7-5-17(14-19(18)26-25(28)34)23(29)27-9-2-4-20(27)16-6-8-21-22(15-16)33-13-12-32-21/h5-8,14-15,20H,2-4,9-13H2,1H3,(H,26,34). The molecule has 2 aromatic carbocycles. The smallest absolute Gasteiger partial charge is 0.262 e. The zero-order valence-electron chi connectivity index (χ0n) is 19.0. The number of amides is 1. The highest BCUT2D eigenvalue weighted by atomic mass is 32.1. The fourth-order valence-corrected chi connectivity index (χ4v) is 5.03. The third-order valence-electron chi connectivity index (χ3n) is 6.42. The monoisotopic (exact) mass is 481 g/mol. The van der Waals surface area contributed by atoms with Crippen molar-refractivity contribution in [2.75, 3.05) is 33.5 Å². The number of ether oxygens (including phenoxy) is 3. The number of methoxy groups -OCH3 is 1. The number of rotatable bonds is 6. The van der Waals surface area contributed by atoms with Crippen LogP contribution in [0.25, 0.3) is 10.9 Å². The van der Waals surface area contributed by atoms with Gasteiger partial charge in [-0.2, -0.15) is 0 Å². The fourth-order valence-electron chi connectivity index (χ4n) is 4.75. The highest BCUT2D eigenvalue weighted by Crippen LogP contribution is 2.38. The Kier molecular flexibility index (Phi) is 6.38. The summed E-state index contributed by atoms with van der Waals surface area (Å²) in [7, 11) is 1.63. The number of aromatic amines is 1.